The molecular formula is C25H27F3N4O4. The Hall–Kier alpha value is -3.73. The lowest BCUT2D eigenvalue weighted by molar-refractivity contribution is -0.137. The molecule has 3 N–H and O–H groups in total. The molecule has 0 aliphatic carbocycles. The summed E-state index contributed by atoms with van der Waals surface area (Å²) in [6.07, 6.45) is 0.355. The second-order valence-electron chi connectivity index (χ2n) is 8.42. The molecule has 1 saturated heterocycles. The molecule has 11 heteroatoms. The van der Waals surface area contributed by atoms with Crippen LogP contribution in [0.1, 0.15) is 28.9 Å². The highest BCUT2D eigenvalue weighted by Gasteiger charge is 2.32. The third kappa shape index (κ3) is 5.40. The summed E-state index contributed by atoms with van der Waals surface area (Å²) in [7, 11) is 2.97. The van der Waals surface area contributed by atoms with Crippen LogP contribution in [0.15, 0.2) is 59.8 Å². The second-order valence-corrected chi connectivity index (χ2v) is 8.42. The van der Waals surface area contributed by atoms with Crippen molar-refractivity contribution in [3.8, 4) is 17.2 Å². The van der Waals surface area contributed by atoms with Gasteiger partial charge in [-0.15, -0.1) is 0 Å². The number of piperidine rings is 1. The minimum absolute atomic E-state index is 0.0773. The van der Waals surface area contributed by atoms with Gasteiger partial charge < -0.3 is 25.3 Å². The average molecular weight is 505 g/mol. The standard InChI is InChI=1S/C25H27F3N4O4/c1-34-20-12-23(29)32(14-18(20)15-7-9-30-10-8-15)24(33)19-11-21(35-2)22(13-31-19)36-17-5-3-16(4-6-17)25(26,27)28/h3-6,11-13,15,30H,7-10,14,29H2,1-2H3. The van der Waals surface area contributed by atoms with Crippen LogP contribution >= 0.6 is 0 Å². The smallest absolute Gasteiger partial charge is 0.416 e. The Kier molecular flexibility index (Phi) is 7.39. The summed E-state index contributed by atoms with van der Waals surface area (Å²) in [5.74, 6) is 1.25. The Bertz CT molecular complexity index is 1170. The largest absolute Gasteiger partial charge is 0.497 e. The first kappa shape index (κ1) is 25.4. The molecule has 0 atom stereocenters. The normalized spacial score (nSPS) is 17.0. The number of allylic oxidation sites excluding steroid dienone is 1. The number of pyridine rings is 1. The van der Waals surface area contributed by atoms with E-state index in [1.54, 1.807) is 13.2 Å². The van der Waals surface area contributed by atoms with E-state index in [0.29, 0.717) is 5.76 Å². The van der Waals surface area contributed by atoms with Crippen LogP contribution in [0.2, 0.25) is 0 Å². The summed E-state index contributed by atoms with van der Waals surface area (Å²) in [6, 6.07) is 5.64. The van der Waals surface area contributed by atoms with E-state index >= 15 is 0 Å². The van der Waals surface area contributed by atoms with E-state index in [2.05, 4.69) is 10.3 Å². The van der Waals surface area contributed by atoms with Gasteiger partial charge in [-0.1, -0.05) is 0 Å². The lowest BCUT2D eigenvalue weighted by atomic mass is 9.87. The van der Waals surface area contributed by atoms with Crippen molar-refractivity contribution in [3.63, 3.8) is 0 Å². The van der Waals surface area contributed by atoms with Crippen molar-refractivity contribution in [2.24, 2.45) is 11.7 Å². The molecule has 1 aromatic carbocycles. The van der Waals surface area contributed by atoms with Gasteiger partial charge in [-0.2, -0.15) is 13.2 Å². The molecule has 1 fully saturated rings. The predicted molar refractivity (Wildman–Crippen MR) is 125 cm³/mol. The molecule has 192 valence electrons. The van der Waals surface area contributed by atoms with Gasteiger partial charge in [0.25, 0.3) is 5.91 Å². The second kappa shape index (κ2) is 10.5. The number of rotatable bonds is 6. The summed E-state index contributed by atoms with van der Waals surface area (Å²) in [5, 5.41) is 3.33. The molecule has 3 heterocycles. The molecule has 36 heavy (non-hydrogen) atoms. The third-order valence-corrected chi connectivity index (χ3v) is 6.21. The molecule has 4 rings (SSSR count). The molecule has 0 spiro atoms. The highest BCUT2D eigenvalue weighted by molar-refractivity contribution is 5.94. The van der Waals surface area contributed by atoms with Gasteiger partial charge in [0.15, 0.2) is 11.5 Å². The molecule has 0 unspecified atom stereocenters. The van der Waals surface area contributed by atoms with Crippen LogP contribution in [-0.2, 0) is 10.9 Å². The first-order chi connectivity index (χ1) is 17.2. The van der Waals surface area contributed by atoms with E-state index < -0.39 is 17.6 Å². The summed E-state index contributed by atoms with van der Waals surface area (Å²) in [4.78, 5) is 19.0. The number of nitrogens with one attached hydrogen (secondary N) is 1. The molecule has 8 nitrogen and oxygen atoms in total. The van der Waals surface area contributed by atoms with Gasteiger partial charge in [-0.3, -0.25) is 9.69 Å². The zero-order valence-electron chi connectivity index (χ0n) is 19.9. The monoisotopic (exact) mass is 504 g/mol. The summed E-state index contributed by atoms with van der Waals surface area (Å²) in [6.45, 7) is 2.05. The van der Waals surface area contributed by atoms with Crippen LogP contribution in [0.5, 0.6) is 17.2 Å². The lowest BCUT2D eigenvalue weighted by Crippen LogP contribution is -2.41. The molecule has 0 radical (unpaired) electrons. The molecule has 0 saturated carbocycles. The molecule has 1 aromatic heterocycles. The number of carbonyl (C=O) groups is 1. The van der Waals surface area contributed by atoms with Gasteiger partial charge in [0.2, 0.25) is 0 Å². The zero-order chi connectivity index (χ0) is 25.9. The van der Waals surface area contributed by atoms with Crippen LogP contribution in [0.3, 0.4) is 0 Å². The zero-order valence-corrected chi connectivity index (χ0v) is 19.9. The van der Waals surface area contributed by atoms with Gasteiger partial charge in [0, 0.05) is 12.1 Å². The first-order valence-corrected chi connectivity index (χ1v) is 11.4. The van der Waals surface area contributed by atoms with E-state index in [4.69, 9.17) is 19.9 Å². The maximum Gasteiger partial charge on any atom is 0.416 e. The number of alkyl halides is 3. The average Bonchev–Trinajstić information content (AvgIpc) is 2.88. The Morgan fingerprint density at radius 1 is 1.11 bits per heavy atom. The van der Waals surface area contributed by atoms with Crippen molar-refractivity contribution < 1.29 is 32.2 Å². The minimum atomic E-state index is -4.45. The summed E-state index contributed by atoms with van der Waals surface area (Å²) < 4.78 is 55.0. The topological polar surface area (TPSA) is 98.9 Å². The number of methoxy groups -OCH3 is 2. The van der Waals surface area contributed by atoms with Crippen LogP contribution in [0, 0.1) is 5.92 Å². The molecule has 0 bridgehead atoms. The van der Waals surface area contributed by atoms with Crippen molar-refractivity contribution in [1.29, 1.82) is 0 Å². The molecule has 1 amide bonds. The number of benzene rings is 1. The van der Waals surface area contributed by atoms with E-state index in [9.17, 15) is 18.0 Å². The minimum Gasteiger partial charge on any atom is -0.497 e. The van der Waals surface area contributed by atoms with E-state index in [0.717, 1.165) is 43.6 Å². The maximum atomic E-state index is 13.4. The quantitative estimate of drug-likeness (QED) is 0.612. The lowest BCUT2D eigenvalue weighted by Gasteiger charge is -2.34. The maximum absolute atomic E-state index is 13.4. The van der Waals surface area contributed by atoms with Crippen LogP contribution in [-0.4, -0.2) is 49.6 Å². The SMILES string of the molecule is COC1=C(C2CCNCC2)CN(C(=O)c2cc(OC)c(Oc3ccc(C(F)(F)F)cc3)cn2)C(N)=C1. The number of aromatic nitrogens is 1. The number of nitrogens with two attached hydrogens (primary N) is 1. The number of amides is 1. The number of carbonyl (C=O) groups excluding carboxylic acids is 1. The number of halogens is 3. The van der Waals surface area contributed by atoms with Gasteiger partial charge in [0.1, 0.15) is 23.0 Å². The van der Waals surface area contributed by atoms with Crippen molar-refractivity contribution in [2.75, 3.05) is 33.9 Å². The van der Waals surface area contributed by atoms with Gasteiger partial charge in [0.05, 0.1) is 32.5 Å². The van der Waals surface area contributed by atoms with Gasteiger partial charge in [-0.25, -0.2) is 4.98 Å². The Balaban J connectivity index is 1.54. The fraction of sp³-hybridized carbons (Fsp3) is 0.360. The summed E-state index contributed by atoms with van der Waals surface area (Å²) in [5.41, 5.74) is 6.49. The van der Waals surface area contributed by atoms with Crippen LogP contribution < -0.4 is 20.5 Å². The molecular weight excluding hydrogens is 477 g/mol. The number of ether oxygens (including phenoxy) is 3. The molecule has 2 aromatic rings. The first-order valence-electron chi connectivity index (χ1n) is 11.4. The van der Waals surface area contributed by atoms with Gasteiger partial charge >= 0.3 is 6.18 Å². The van der Waals surface area contributed by atoms with Crippen molar-refractivity contribution in [1.82, 2.24) is 15.2 Å². The van der Waals surface area contributed by atoms with E-state index in [1.165, 1.54) is 36.4 Å². The fourth-order valence-electron chi connectivity index (χ4n) is 4.28. The summed E-state index contributed by atoms with van der Waals surface area (Å²) >= 11 is 0. The van der Waals surface area contributed by atoms with Crippen LogP contribution in [0.25, 0.3) is 0 Å². The molecule has 2 aliphatic rings. The highest BCUT2D eigenvalue weighted by Crippen LogP contribution is 2.35. The van der Waals surface area contributed by atoms with E-state index in [-0.39, 0.29) is 41.2 Å². The Morgan fingerprint density at radius 3 is 2.42 bits per heavy atom. The van der Waals surface area contributed by atoms with Crippen LogP contribution in [0.4, 0.5) is 13.2 Å². The Labute approximate surface area is 206 Å². The fourth-order valence-corrected chi connectivity index (χ4v) is 4.28. The van der Waals surface area contributed by atoms with E-state index in [1.807, 2.05) is 0 Å². The van der Waals surface area contributed by atoms with Crippen molar-refractivity contribution in [3.05, 3.63) is 71.0 Å². The Morgan fingerprint density at radius 2 is 1.81 bits per heavy atom. The molecule has 2 aliphatic heterocycles. The van der Waals surface area contributed by atoms with Crippen molar-refractivity contribution in [2.45, 2.75) is 19.0 Å². The van der Waals surface area contributed by atoms with Crippen molar-refractivity contribution >= 4 is 5.91 Å². The van der Waals surface area contributed by atoms with Gasteiger partial charge in [-0.05, 0) is 61.7 Å². The third-order valence-electron chi connectivity index (χ3n) is 6.21. The number of nitrogens with zero attached hydrogens (tertiary/aromatic N) is 2. The predicted octanol–water partition coefficient (Wildman–Crippen LogP) is 4.06. The highest BCUT2D eigenvalue weighted by atomic mass is 19.4. The number of hydrogen-bond acceptors (Lipinski definition) is 7. The number of hydrogen-bond donors (Lipinski definition) is 2.